The molecule has 3 heteroatoms. The van der Waals surface area contributed by atoms with Crippen molar-refractivity contribution < 1.29 is 9.90 Å². The fraction of sp³-hybridized carbons (Fsp3) is 0.727. The third-order valence-corrected chi connectivity index (χ3v) is 2.97. The van der Waals surface area contributed by atoms with Crippen molar-refractivity contribution in [3.05, 3.63) is 12.7 Å². The molecule has 3 nitrogen and oxygen atoms in total. The maximum absolute atomic E-state index is 10.9. The molecule has 82 valence electrons. The number of nitrogens with two attached hydrogens (primary N) is 1. The van der Waals surface area contributed by atoms with Gasteiger partial charge in [-0.05, 0) is 17.8 Å². The van der Waals surface area contributed by atoms with Crippen LogP contribution in [-0.2, 0) is 4.79 Å². The summed E-state index contributed by atoms with van der Waals surface area (Å²) in [5.41, 5.74) is 5.46. The van der Waals surface area contributed by atoms with Crippen LogP contribution in [0.4, 0.5) is 0 Å². The zero-order valence-electron chi connectivity index (χ0n) is 9.23. The summed E-state index contributed by atoms with van der Waals surface area (Å²) in [5, 5.41) is 8.98. The van der Waals surface area contributed by atoms with Gasteiger partial charge in [-0.15, -0.1) is 6.58 Å². The number of allylic oxidation sites excluding steroid dienone is 1. The lowest BCUT2D eigenvalue weighted by atomic mass is 9.77. The van der Waals surface area contributed by atoms with Crippen molar-refractivity contribution in [2.45, 2.75) is 20.8 Å². The van der Waals surface area contributed by atoms with E-state index in [0.717, 1.165) is 0 Å². The molecular formula is C11H21NO2. The Balaban J connectivity index is 4.67. The van der Waals surface area contributed by atoms with E-state index < -0.39 is 11.9 Å². The highest BCUT2D eigenvalue weighted by molar-refractivity contribution is 5.71. The molecule has 0 aromatic rings. The summed E-state index contributed by atoms with van der Waals surface area (Å²) in [6.45, 7) is 10.1. The number of carbonyl (C=O) groups is 1. The Labute approximate surface area is 86.0 Å². The van der Waals surface area contributed by atoms with Gasteiger partial charge in [0.2, 0.25) is 0 Å². The molecule has 0 aliphatic carbocycles. The lowest BCUT2D eigenvalue weighted by Crippen LogP contribution is -2.34. The monoisotopic (exact) mass is 199 g/mol. The minimum absolute atomic E-state index is 0.0440. The SMILES string of the molecule is C=C[C@@H](C(CN)C(=O)O)[C@H](C)C(C)C. The second-order valence-electron chi connectivity index (χ2n) is 4.10. The smallest absolute Gasteiger partial charge is 0.308 e. The number of carboxylic acids is 1. The van der Waals surface area contributed by atoms with Gasteiger partial charge in [-0.2, -0.15) is 0 Å². The summed E-state index contributed by atoms with van der Waals surface area (Å²) in [6, 6.07) is 0. The molecule has 14 heavy (non-hydrogen) atoms. The van der Waals surface area contributed by atoms with Gasteiger partial charge in [0.25, 0.3) is 0 Å². The van der Waals surface area contributed by atoms with Gasteiger partial charge in [-0.3, -0.25) is 4.79 Å². The average Bonchev–Trinajstić information content (AvgIpc) is 2.11. The summed E-state index contributed by atoms with van der Waals surface area (Å²) in [6.07, 6.45) is 1.72. The van der Waals surface area contributed by atoms with Crippen molar-refractivity contribution in [3.63, 3.8) is 0 Å². The van der Waals surface area contributed by atoms with E-state index in [1.807, 2.05) is 6.92 Å². The summed E-state index contributed by atoms with van der Waals surface area (Å²) in [7, 11) is 0. The number of carboxylic acid groups (broad SMARTS) is 1. The predicted molar refractivity (Wildman–Crippen MR) is 57.9 cm³/mol. The molecule has 0 aromatic heterocycles. The van der Waals surface area contributed by atoms with Crippen molar-refractivity contribution in [2.75, 3.05) is 6.54 Å². The van der Waals surface area contributed by atoms with Crippen LogP contribution in [-0.4, -0.2) is 17.6 Å². The maximum atomic E-state index is 10.9. The number of aliphatic carboxylic acids is 1. The zero-order chi connectivity index (χ0) is 11.3. The highest BCUT2D eigenvalue weighted by Gasteiger charge is 2.30. The van der Waals surface area contributed by atoms with Crippen LogP contribution in [0, 0.1) is 23.7 Å². The Hall–Kier alpha value is -0.830. The molecule has 0 aromatic carbocycles. The molecule has 0 saturated heterocycles. The minimum atomic E-state index is -0.829. The Morgan fingerprint density at radius 3 is 2.21 bits per heavy atom. The number of rotatable bonds is 6. The van der Waals surface area contributed by atoms with Gasteiger partial charge in [-0.1, -0.05) is 26.8 Å². The van der Waals surface area contributed by atoms with E-state index in [-0.39, 0.29) is 18.4 Å². The highest BCUT2D eigenvalue weighted by atomic mass is 16.4. The fourth-order valence-electron chi connectivity index (χ4n) is 1.61. The Bertz CT molecular complexity index is 201. The van der Waals surface area contributed by atoms with Gasteiger partial charge < -0.3 is 10.8 Å². The minimum Gasteiger partial charge on any atom is -0.481 e. The van der Waals surface area contributed by atoms with Crippen LogP contribution >= 0.6 is 0 Å². The Kier molecular flexibility index (Phi) is 5.46. The largest absolute Gasteiger partial charge is 0.481 e. The lowest BCUT2D eigenvalue weighted by molar-refractivity contribution is -0.143. The third-order valence-electron chi connectivity index (χ3n) is 2.97. The van der Waals surface area contributed by atoms with E-state index >= 15 is 0 Å². The molecule has 0 heterocycles. The van der Waals surface area contributed by atoms with Crippen LogP contribution in [0.2, 0.25) is 0 Å². The second-order valence-corrected chi connectivity index (χ2v) is 4.10. The molecule has 0 radical (unpaired) electrons. The van der Waals surface area contributed by atoms with Crippen molar-refractivity contribution in [2.24, 2.45) is 29.4 Å². The molecule has 0 bridgehead atoms. The zero-order valence-corrected chi connectivity index (χ0v) is 9.23. The first-order chi connectivity index (χ1) is 6.45. The van der Waals surface area contributed by atoms with Crippen LogP contribution in [0.25, 0.3) is 0 Å². The van der Waals surface area contributed by atoms with Crippen LogP contribution in [0.1, 0.15) is 20.8 Å². The van der Waals surface area contributed by atoms with E-state index in [9.17, 15) is 4.79 Å². The molecule has 0 saturated carbocycles. The molecule has 0 rings (SSSR count). The molecule has 0 aliphatic rings. The first-order valence-electron chi connectivity index (χ1n) is 5.01. The number of hydrogen-bond donors (Lipinski definition) is 2. The molecule has 1 unspecified atom stereocenters. The molecule has 3 atom stereocenters. The summed E-state index contributed by atoms with van der Waals surface area (Å²) >= 11 is 0. The Morgan fingerprint density at radius 1 is 1.50 bits per heavy atom. The average molecular weight is 199 g/mol. The van der Waals surface area contributed by atoms with E-state index in [1.165, 1.54) is 0 Å². The van der Waals surface area contributed by atoms with Crippen molar-refractivity contribution >= 4 is 5.97 Å². The second kappa shape index (κ2) is 5.81. The third kappa shape index (κ3) is 3.14. The van der Waals surface area contributed by atoms with Gasteiger partial charge in [0.05, 0.1) is 5.92 Å². The molecule has 3 N–H and O–H groups in total. The lowest BCUT2D eigenvalue weighted by Gasteiger charge is -2.28. The number of hydrogen-bond acceptors (Lipinski definition) is 2. The predicted octanol–water partition coefficient (Wildman–Crippen LogP) is 1.74. The van der Waals surface area contributed by atoms with Gasteiger partial charge >= 0.3 is 5.97 Å². The van der Waals surface area contributed by atoms with Crippen molar-refractivity contribution in [1.82, 2.24) is 0 Å². The van der Waals surface area contributed by atoms with E-state index in [2.05, 4.69) is 20.4 Å². The quantitative estimate of drug-likeness (QED) is 0.640. The van der Waals surface area contributed by atoms with Gasteiger partial charge in [-0.25, -0.2) is 0 Å². The topological polar surface area (TPSA) is 63.3 Å². The Morgan fingerprint density at radius 2 is 2.00 bits per heavy atom. The first kappa shape index (κ1) is 13.2. The van der Waals surface area contributed by atoms with Gasteiger partial charge in [0.15, 0.2) is 0 Å². The van der Waals surface area contributed by atoms with E-state index in [1.54, 1.807) is 6.08 Å². The molecule has 0 aliphatic heterocycles. The fourth-order valence-corrected chi connectivity index (χ4v) is 1.61. The molecular weight excluding hydrogens is 178 g/mol. The molecule has 0 spiro atoms. The maximum Gasteiger partial charge on any atom is 0.308 e. The normalized spacial score (nSPS) is 17.5. The highest BCUT2D eigenvalue weighted by Crippen LogP contribution is 2.27. The summed E-state index contributed by atoms with van der Waals surface area (Å²) in [4.78, 5) is 10.9. The van der Waals surface area contributed by atoms with Crippen LogP contribution in [0.15, 0.2) is 12.7 Å². The van der Waals surface area contributed by atoms with Crippen LogP contribution in [0.5, 0.6) is 0 Å². The van der Waals surface area contributed by atoms with Crippen molar-refractivity contribution in [1.29, 1.82) is 0 Å². The van der Waals surface area contributed by atoms with Crippen LogP contribution < -0.4 is 5.73 Å². The van der Waals surface area contributed by atoms with Crippen LogP contribution in [0.3, 0.4) is 0 Å². The van der Waals surface area contributed by atoms with E-state index in [0.29, 0.717) is 5.92 Å². The summed E-state index contributed by atoms with van der Waals surface area (Å²) in [5.74, 6) is -0.657. The molecule has 0 fully saturated rings. The molecule has 0 amide bonds. The standard InChI is InChI=1S/C11H21NO2/c1-5-9(8(4)7(2)3)10(6-12)11(13)14/h5,7-10H,1,6,12H2,2-4H3,(H,13,14)/t8-,9-,10?/m1/s1. The summed E-state index contributed by atoms with van der Waals surface area (Å²) < 4.78 is 0. The van der Waals surface area contributed by atoms with Gasteiger partial charge in [0, 0.05) is 6.54 Å². The first-order valence-corrected chi connectivity index (χ1v) is 5.01. The van der Waals surface area contributed by atoms with E-state index in [4.69, 9.17) is 10.8 Å². The van der Waals surface area contributed by atoms with Gasteiger partial charge in [0.1, 0.15) is 0 Å². The van der Waals surface area contributed by atoms with Crippen molar-refractivity contribution in [3.8, 4) is 0 Å².